The van der Waals surface area contributed by atoms with Crippen molar-refractivity contribution < 1.29 is 26.7 Å². The molecule has 0 saturated heterocycles. The van der Waals surface area contributed by atoms with Gasteiger partial charge in [0.25, 0.3) is 6.43 Å². The summed E-state index contributed by atoms with van der Waals surface area (Å²) in [6.07, 6.45) is -7.29. The number of benzene rings is 1. The first-order valence-electron chi connectivity index (χ1n) is 4.62. The van der Waals surface area contributed by atoms with E-state index in [1.807, 2.05) is 0 Å². The lowest BCUT2D eigenvalue weighted by atomic mass is 10.1. The van der Waals surface area contributed by atoms with Gasteiger partial charge in [0, 0.05) is 5.69 Å². The Morgan fingerprint density at radius 2 is 1.88 bits per heavy atom. The maximum absolute atomic E-state index is 12.6. The van der Waals surface area contributed by atoms with E-state index >= 15 is 0 Å². The molecule has 0 bridgehead atoms. The van der Waals surface area contributed by atoms with Crippen molar-refractivity contribution in [1.29, 1.82) is 0 Å². The molecule has 0 spiro atoms. The van der Waals surface area contributed by atoms with Gasteiger partial charge in [0.05, 0.1) is 12.2 Å². The third-order valence-corrected chi connectivity index (χ3v) is 1.94. The fourth-order valence-corrected chi connectivity index (χ4v) is 1.24. The number of nitrogens with two attached hydrogens (primary N) is 1. The van der Waals surface area contributed by atoms with Crippen molar-refractivity contribution in [1.82, 2.24) is 0 Å². The first-order valence-corrected chi connectivity index (χ1v) is 4.62. The quantitative estimate of drug-likeness (QED) is 0.662. The van der Waals surface area contributed by atoms with Crippen molar-refractivity contribution >= 4 is 5.69 Å². The zero-order valence-electron chi connectivity index (χ0n) is 8.60. The number of alkyl halides is 5. The van der Waals surface area contributed by atoms with Crippen LogP contribution >= 0.6 is 0 Å². The minimum Gasteiger partial charge on any atom is -0.399 e. The monoisotopic (exact) mass is 255 g/mol. The summed E-state index contributed by atoms with van der Waals surface area (Å²) in [5.41, 5.74) is 4.01. The molecule has 1 aromatic carbocycles. The van der Waals surface area contributed by atoms with Crippen LogP contribution < -0.4 is 5.73 Å². The summed E-state index contributed by atoms with van der Waals surface area (Å²) >= 11 is 0. The lowest BCUT2D eigenvalue weighted by Crippen LogP contribution is -2.12. The summed E-state index contributed by atoms with van der Waals surface area (Å²) in [6.45, 7) is -1.43. The van der Waals surface area contributed by atoms with Crippen LogP contribution in [0.15, 0.2) is 18.2 Å². The van der Waals surface area contributed by atoms with Gasteiger partial charge in [-0.1, -0.05) is 6.07 Å². The van der Waals surface area contributed by atoms with Gasteiger partial charge < -0.3 is 10.5 Å². The average Bonchev–Trinajstić information content (AvgIpc) is 2.18. The number of nitrogen functional groups attached to an aromatic ring is 1. The van der Waals surface area contributed by atoms with E-state index < -0.39 is 31.4 Å². The minimum absolute atomic E-state index is 0.0464. The SMILES string of the molecule is Nc1ccc(COCC(F)F)c(C(F)(F)F)c1. The van der Waals surface area contributed by atoms with Gasteiger partial charge in [-0.15, -0.1) is 0 Å². The topological polar surface area (TPSA) is 35.2 Å². The Kier molecular flexibility index (Phi) is 4.28. The number of hydrogen-bond acceptors (Lipinski definition) is 2. The van der Waals surface area contributed by atoms with E-state index in [0.29, 0.717) is 0 Å². The van der Waals surface area contributed by atoms with Crippen molar-refractivity contribution in [3.8, 4) is 0 Å². The number of ether oxygens (including phenoxy) is 1. The number of rotatable bonds is 4. The Bertz CT molecular complexity index is 377. The van der Waals surface area contributed by atoms with E-state index in [0.717, 1.165) is 12.1 Å². The number of halogens is 5. The summed E-state index contributed by atoms with van der Waals surface area (Å²) in [5.74, 6) is 0. The Labute approximate surface area is 94.2 Å². The molecule has 0 amide bonds. The zero-order chi connectivity index (χ0) is 13.1. The van der Waals surface area contributed by atoms with E-state index in [9.17, 15) is 22.0 Å². The van der Waals surface area contributed by atoms with E-state index in [4.69, 9.17) is 5.73 Å². The van der Waals surface area contributed by atoms with E-state index in [-0.39, 0.29) is 11.3 Å². The highest BCUT2D eigenvalue weighted by atomic mass is 19.4. The molecule has 0 unspecified atom stereocenters. The van der Waals surface area contributed by atoms with Gasteiger partial charge in [-0.05, 0) is 17.7 Å². The summed E-state index contributed by atoms with van der Waals surface area (Å²) < 4.78 is 65.7. The second kappa shape index (κ2) is 5.31. The number of hydrogen-bond donors (Lipinski definition) is 1. The van der Waals surface area contributed by atoms with Crippen LogP contribution in [0, 0.1) is 0 Å². The molecular weight excluding hydrogens is 245 g/mol. The molecule has 0 fully saturated rings. The minimum atomic E-state index is -4.58. The van der Waals surface area contributed by atoms with Crippen LogP contribution in [0.2, 0.25) is 0 Å². The standard InChI is InChI=1S/C10H10F5NO/c11-9(12)5-17-4-6-1-2-7(16)3-8(6)10(13,14)15/h1-3,9H,4-5,16H2. The van der Waals surface area contributed by atoms with Crippen LogP contribution in [0.5, 0.6) is 0 Å². The van der Waals surface area contributed by atoms with Gasteiger partial charge in [0.15, 0.2) is 0 Å². The van der Waals surface area contributed by atoms with Gasteiger partial charge >= 0.3 is 6.18 Å². The van der Waals surface area contributed by atoms with Crippen molar-refractivity contribution in [2.24, 2.45) is 0 Å². The van der Waals surface area contributed by atoms with Crippen LogP contribution in [-0.2, 0) is 17.5 Å². The van der Waals surface area contributed by atoms with Crippen LogP contribution in [0.4, 0.5) is 27.6 Å². The Morgan fingerprint density at radius 3 is 2.41 bits per heavy atom. The molecule has 0 aliphatic rings. The summed E-state index contributed by atoms with van der Waals surface area (Å²) in [7, 11) is 0. The second-order valence-electron chi connectivity index (χ2n) is 3.32. The predicted octanol–water partition coefficient (Wildman–Crippen LogP) is 3.07. The second-order valence-corrected chi connectivity index (χ2v) is 3.32. The molecule has 0 heterocycles. The molecule has 0 saturated carbocycles. The first kappa shape index (κ1) is 13.7. The van der Waals surface area contributed by atoms with Crippen molar-refractivity contribution in [3.05, 3.63) is 29.3 Å². The van der Waals surface area contributed by atoms with Gasteiger partial charge in [-0.2, -0.15) is 13.2 Å². The van der Waals surface area contributed by atoms with Gasteiger partial charge in [-0.3, -0.25) is 0 Å². The Morgan fingerprint density at radius 1 is 1.24 bits per heavy atom. The zero-order valence-corrected chi connectivity index (χ0v) is 8.60. The predicted molar refractivity (Wildman–Crippen MR) is 51.5 cm³/mol. The Hall–Kier alpha value is -1.37. The highest BCUT2D eigenvalue weighted by Crippen LogP contribution is 2.33. The van der Waals surface area contributed by atoms with Gasteiger partial charge in [0.2, 0.25) is 0 Å². The normalized spacial score (nSPS) is 12.1. The summed E-state index contributed by atoms with van der Waals surface area (Å²) in [6, 6.07) is 3.13. The van der Waals surface area contributed by atoms with E-state index in [1.165, 1.54) is 6.07 Å². The van der Waals surface area contributed by atoms with Crippen molar-refractivity contribution in [2.75, 3.05) is 12.3 Å². The van der Waals surface area contributed by atoms with Crippen LogP contribution in [0.1, 0.15) is 11.1 Å². The molecule has 0 aliphatic carbocycles. The molecule has 7 heteroatoms. The molecule has 1 rings (SSSR count). The van der Waals surface area contributed by atoms with Crippen molar-refractivity contribution in [3.63, 3.8) is 0 Å². The highest BCUT2D eigenvalue weighted by molar-refractivity contribution is 5.45. The van der Waals surface area contributed by atoms with E-state index in [2.05, 4.69) is 4.74 Å². The molecule has 0 aromatic heterocycles. The van der Waals surface area contributed by atoms with E-state index in [1.54, 1.807) is 0 Å². The Balaban J connectivity index is 2.84. The largest absolute Gasteiger partial charge is 0.416 e. The molecule has 2 N–H and O–H groups in total. The average molecular weight is 255 g/mol. The first-order chi connectivity index (χ1) is 7.80. The molecule has 0 aliphatic heterocycles. The van der Waals surface area contributed by atoms with Crippen LogP contribution in [0.25, 0.3) is 0 Å². The molecule has 96 valence electrons. The van der Waals surface area contributed by atoms with Crippen molar-refractivity contribution in [2.45, 2.75) is 19.2 Å². The number of anilines is 1. The lowest BCUT2D eigenvalue weighted by Gasteiger charge is -2.13. The summed E-state index contributed by atoms with van der Waals surface area (Å²) in [4.78, 5) is 0. The molecule has 17 heavy (non-hydrogen) atoms. The fourth-order valence-electron chi connectivity index (χ4n) is 1.24. The van der Waals surface area contributed by atoms with Crippen LogP contribution in [0.3, 0.4) is 0 Å². The molecule has 2 nitrogen and oxygen atoms in total. The third-order valence-electron chi connectivity index (χ3n) is 1.94. The maximum atomic E-state index is 12.6. The van der Waals surface area contributed by atoms with Gasteiger partial charge in [-0.25, -0.2) is 8.78 Å². The molecule has 1 aromatic rings. The lowest BCUT2D eigenvalue weighted by molar-refractivity contribution is -0.139. The highest BCUT2D eigenvalue weighted by Gasteiger charge is 2.33. The molecule has 0 radical (unpaired) electrons. The van der Waals surface area contributed by atoms with Gasteiger partial charge in [0.1, 0.15) is 6.61 Å². The smallest absolute Gasteiger partial charge is 0.399 e. The fraction of sp³-hybridized carbons (Fsp3) is 0.400. The van der Waals surface area contributed by atoms with Crippen LogP contribution in [-0.4, -0.2) is 13.0 Å². The molecular formula is C10H10F5NO. The molecule has 0 atom stereocenters. The third kappa shape index (κ3) is 4.18. The maximum Gasteiger partial charge on any atom is 0.416 e. The summed E-state index contributed by atoms with van der Waals surface area (Å²) in [5, 5.41) is 0.